The third kappa shape index (κ3) is 3.81. The van der Waals surface area contributed by atoms with Crippen LogP contribution in [0.1, 0.15) is 10.5 Å². The summed E-state index contributed by atoms with van der Waals surface area (Å²) in [6.07, 6.45) is 1.21. The van der Waals surface area contributed by atoms with Crippen molar-refractivity contribution in [2.75, 3.05) is 19.4 Å². The second-order valence-electron chi connectivity index (χ2n) is 4.85. The number of carbonyl (C=O) groups is 1. The van der Waals surface area contributed by atoms with Gasteiger partial charge in [0.05, 0.1) is 20.0 Å². The van der Waals surface area contributed by atoms with Gasteiger partial charge in [0.15, 0.2) is 0 Å². The predicted octanol–water partition coefficient (Wildman–Crippen LogP) is 3.54. The highest BCUT2D eigenvalue weighted by atomic mass is 35.5. The smallest absolute Gasteiger partial charge is 0.275 e. The lowest BCUT2D eigenvalue weighted by molar-refractivity contribution is 0.102. The van der Waals surface area contributed by atoms with E-state index in [-0.39, 0.29) is 31.3 Å². The number of halogens is 3. The molecule has 0 atom stereocenters. The van der Waals surface area contributed by atoms with Crippen LogP contribution < -0.4 is 5.32 Å². The van der Waals surface area contributed by atoms with Gasteiger partial charge in [-0.2, -0.15) is 0 Å². The predicted molar refractivity (Wildman–Crippen MR) is 94.5 cm³/mol. The van der Waals surface area contributed by atoms with Crippen LogP contribution >= 0.6 is 34.8 Å². The molecule has 0 bridgehead atoms. The molecule has 1 aromatic carbocycles. The molecule has 2 aromatic rings. The van der Waals surface area contributed by atoms with Gasteiger partial charge in [0, 0.05) is 26.0 Å². The number of aromatic nitrogens is 1. The van der Waals surface area contributed by atoms with Crippen molar-refractivity contribution in [2.24, 2.45) is 0 Å². The summed E-state index contributed by atoms with van der Waals surface area (Å²) >= 11 is 17.6. The summed E-state index contributed by atoms with van der Waals surface area (Å²) in [5.41, 5.74) is 0.152. The van der Waals surface area contributed by atoms with Gasteiger partial charge in [0.1, 0.15) is 5.69 Å². The Hall–Kier alpha value is -1.38. The maximum atomic E-state index is 12.3. The van der Waals surface area contributed by atoms with Gasteiger partial charge in [0.2, 0.25) is 10.0 Å². The third-order valence-electron chi connectivity index (χ3n) is 3.00. The zero-order valence-corrected chi connectivity index (χ0v) is 15.6. The van der Waals surface area contributed by atoms with E-state index in [2.05, 4.69) is 10.3 Å². The van der Waals surface area contributed by atoms with E-state index < -0.39 is 15.9 Å². The number of nitrogens with zero attached hydrogens (tertiary/aromatic N) is 2. The van der Waals surface area contributed by atoms with Crippen LogP contribution in [-0.4, -0.2) is 37.7 Å². The number of sulfonamides is 1. The largest absolute Gasteiger partial charge is 0.321 e. The van der Waals surface area contributed by atoms with Gasteiger partial charge in [0.25, 0.3) is 5.91 Å². The summed E-state index contributed by atoms with van der Waals surface area (Å²) < 4.78 is 25.3. The molecule has 6 nitrogen and oxygen atoms in total. The van der Waals surface area contributed by atoms with Gasteiger partial charge in [-0.3, -0.25) is 4.79 Å². The molecule has 0 unspecified atom stereocenters. The number of hydrogen-bond acceptors (Lipinski definition) is 4. The van der Waals surface area contributed by atoms with Crippen molar-refractivity contribution in [2.45, 2.75) is 4.90 Å². The molecule has 10 heteroatoms. The van der Waals surface area contributed by atoms with E-state index in [4.69, 9.17) is 34.8 Å². The molecule has 2 rings (SSSR count). The van der Waals surface area contributed by atoms with Crippen molar-refractivity contribution in [3.63, 3.8) is 0 Å². The SMILES string of the molecule is CN(C)S(=O)(=O)c1cccc(NC(=O)c2ncc(Cl)c(Cl)c2Cl)c1. The van der Waals surface area contributed by atoms with Crippen LogP contribution in [0.3, 0.4) is 0 Å². The van der Waals surface area contributed by atoms with Crippen LogP contribution in [0.4, 0.5) is 5.69 Å². The van der Waals surface area contributed by atoms with Gasteiger partial charge in [-0.1, -0.05) is 40.9 Å². The first-order chi connectivity index (χ1) is 11.1. The van der Waals surface area contributed by atoms with E-state index in [0.29, 0.717) is 0 Å². The molecule has 0 spiro atoms. The van der Waals surface area contributed by atoms with Crippen LogP contribution in [0.15, 0.2) is 35.4 Å². The van der Waals surface area contributed by atoms with E-state index in [0.717, 1.165) is 4.31 Å². The molecule has 0 aliphatic rings. The number of pyridine rings is 1. The molecule has 1 amide bonds. The molecule has 0 saturated carbocycles. The molecule has 0 radical (unpaired) electrons. The highest BCUT2D eigenvalue weighted by Crippen LogP contribution is 2.31. The number of hydrogen-bond donors (Lipinski definition) is 1. The van der Waals surface area contributed by atoms with Gasteiger partial charge >= 0.3 is 0 Å². The van der Waals surface area contributed by atoms with E-state index in [1.165, 1.54) is 44.6 Å². The molecule has 1 heterocycles. The Labute approximate surface area is 154 Å². The maximum absolute atomic E-state index is 12.3. The minimum absolute atomic E-state index is 0.0161. The van der Waals surface area contributed by atoms with Gasteiger partial charge in [-0.15, -0.1) is 0 Å². The van der Waals surface area contributed by atoms with Crippen molar-refractivity contribution in [3.8, 4) is 0 Å². The summed E-state index contributed by atoms with van der Waals surface area (Å²) in [7, 11) is -0.785. The Morgan fingerprint density at radius 1 is 1.17 bits per heavy atom. The topological polar surface area (TPSA) is 79.4 Å². The number of nitrogens with one attached hydrogen (secondary N) is 1. The summed E-state index contributed by atoms with van der Waals surface area (Å²) in [6.45, 7) is 0. The molecule has 1 N–H and O–H groups in total. The first-order valence-corrected chi connectivity index (χ1v) is 9.05. The second-order valence-corrected chi connectivity index (χ2v) is 8.17. The normalized spacial score (nSPS) is 11.6. The first kappa shape index (κ1) is 19.0. The lowest BCUT2D eigenvalue weighted by Gasteiger charge is -2.13. The maximum Gasteiger partial charge on any atom is 0.275 e. The van der Waals surface area contributed by atoms with Crippen molar-refractivity contribution in [1.29, 1.82) is 0 Å². The van der Waals surface area contributed by atoms with Crippen molar-refractivity contribution >= 4 is 56.4 Å². The van der Waals surface area contributed by atoms with Crippen LogP contribution in [0.25, 0.3) is 0 Å². The fraction of sp³-hybridized carbons (Fsp3) is 0.143. The Morgan fingerprint density at radius 2 is 1.83 bits per heavy atom. The van der Waals surface area contributed by atoms with Crippen LogP contribution in [0.2, 0.25) is 15.1 Å². The highest BCUT2D eigenvalue weighted by Gasteiger charge is 2.20. The third-order valence-corrected chi connectivity index (χ3v) is 6.05. The molecule has 0 saturated heterocycles. The van der Waals surface area contributed by atoms with Crippen molar-refractivity contribution in [3.05, 3.63) is 51.2 Å². The quantitative estimate of drug-likeness (QED) is 0.839. The molecule has 0 aliphatic heterocycles. The molecule has 128 valence electrons. The fourth-order valence-corrected chi connectivity index (χ4v) is 3.25. The lowest BCUT2D eigenvalue weighted by atomic mass is 10.3. The number of carbonyl (C=O) groups excluding carboxylic acids is 1. The van der Waals surface area contributed by atoms with Crippen molar-refractivity contribution < 1.29 is 13.2 Å². The minimum Gasteiger partial charge on any atom is -0.321 e. The average molecular weight is 409 g/mol. The van der Waals surface area contributed by atoms with E-state index >= 15 is 0 Å². The second kappa shape index (κ2) is 7.25. The fourth-order valence-electron chi connectivity index (χ4n) is 1.74. The molecule has 0 aliphatic carbocycles. The molecular weight excluding hydrogens is 397 g/mol. The Balaban J connectivity index is 2.33. The summed E-state index contributed by atoms with van der Waals surface area (Å²) in [5.74, 6) is -0.641. The Morgan fingerprint density at radius 3 is 2.46 bits per heavy atom. The van der Waals surface area contributed by atoms with Gasteiger partial charge < -0.3 is 5.32 Å². The van der Waals surface area contributed by atoms with Crippen molar-refractivity contribution in [1.82, 2.24) is 9.29 Å². The summed E-state index contributed by atoms with van der Waals surface area (Å²) in [4.78, 5) is 16.2. The van der Waals surface area contributed by atoms with Crippen LogP contribution in [0.5, 0.6) is 0 Å². The van der Waals surface area contributed by atoms with E-state index in [9.17, 15) is 13.2 Å². The van der Waals surface area contributed by atoms with E-state index in [1.54, 1.807) is 0 Å². The Kier molecular flexibility index (Phi) is 5.72. The standard InChI is InChI=1S/C14H12Cl3N3O3S/c1-20(2)24(22,23)9-5-3-4-8(6-9)19-14(21)13-12(17)11(16)10(15)7-18-13/h3-7H,1-2H3,(H,19,21). The summed E-state index contributed by atoms with van der Waals surface area (Å²) in [5, 5.41) is 2.58. The zero-order valence-electron chi connectivity index (χ0n) is 12.5. The van der Waals surface area contributed by atoms with Crippen LogP contribution in [0, 0.1) is 0 Å². The molecular formula is C14H12Cl3N3O3S. The Bertz CT molecular complexity index is 901. The number of rotatable bonds is 4. The van der Waals surface area contributed by atoms with Gasteiger partial charge in [-0.25, -0.2) is 17.7 Å². The monoisotopic (exact) mass is 407 g/mol. The first-order valence-electron chi connectivity index (χ1n) is 6.48. The minimum atomic E-state index is -3.62. The number of amides is 1. The van der Waals surface area contributed by atoms with Gasteiger partial charge in [-0.05, 0) is 18.2 Å². The van der Waals surface area contributed by atoms with E-state index in [1.807, 2.05) is 0 Å². The molecule has 24 heavy (non-hydrogen) atoms. The number of benzene rings is 1. The zero-order chi connectivity index (χ0) is 18.1. The molecule has 1 aromatic heterocycles. The van der Waals surface area contributed by atoms with Crippen LogP contribution in [-0.2, 0) is 10.0 Å². The number of anilines is 1. The highest BCUT2D eigenvalue weighted by molar-refractivity contribution is 7.89. The lowest BCUT2D eigenvalue weighted by Crippen LogP contribution is -2.22. The summed E-state index contributed by atoms with van der Waals surface area (Å²) in [6, 6.07) is 5.81. The molecule has 0 fully saturated rings. The average Bonchev–Trinajstić information content (AvgIpc) is 2.52.